The summed E-state index contributed by atoms with van der Waals surface area (Å²) in [6.45, 7) is 0.723. The minimum Gasteiger partial charge on any atom is -0.409 e. The second kappa shape index (κ2) is 5.77. The fourth-order valence-corrected chi connectivity index (χ4v) is 2.80. The minimum atomic E-state index is 0.0686. The van der Waals surface area contributed by atoms with Gasteiger partial charge in [-0.2, -0.15) is 0 Å². The third kappa shape index (κ3) is 3.46. The van der Waals surface area contributed by atoms with Gasteiger partial charge in [0.25, 0.3) is 0 Å². The molecule has 0 amide bonds. The molecule has 1 saturated carbocycles. The Morgan fingerprint density at radius 2 is 2.11 bits per heavy atom. The van der Waals surface area contributed by atoms with Gasteiger partial charge in [0.05, 0.1) is 15.7 Å². The molecule has 1 aliphatic rings. The van der Waals surface area contributed by atoms with Crippen molar-refractivity contribution >= 4 is 50.7 Å². The zero-order chi connectivity index (χ0) is 14.0. The maximum Gasteiger partial charge on any atom is 0.139 e. The van der Waals surface area contributed by atoms with Crippen molar-refractivity contribution < 1.29 is 5.21 Å². The Morgan fingerprint density at radius 3 is 2.68 bits per heavy atom. The van der Waals surface area contributed by atoms with Crippen molar-refractivity contribution in [2.24, 2.45) is 16.3 Å². The zero-order valence-electron chi connectivity index (χ0n) is 10.1. The molecule has 1 aliphatic carbocycles. The number of rotatable bonds is 5. The summed E-state index contributed by atoms with van der Waals surface area (Å²) in [5.41, 5.74) is 6.42. The van der Waals surface area contributed by atoms with Gasteiger partial charge in [-0.3, -0.25) is 0 Å². The van der Waals surface area contributed by atoms with E-state index in [9.17, 15) is 0 Å². The maximum absolute atomic E-state index is 8.62. The Labute approximate surface area is 130 Å². The van der Waals surface area contributed by atoms with Crippen molar-refractivity contribution in [1.29, 1.82) is 0 Å². The molecule has 19 heavy (non-hydrogen) atoms. The lowest BCUT2D eigenvalue weighted by atomic mass is 10.0. The summed E-state index contributed by atoms with van der Waals surface area (Å²) >= 11 is 15.6. The molecular formula is C12H14BrCl2N3O. The van der Waals surface area contributed by atoms with Crippen LogP contribution in [0.2, 0.25) is 10.0 Å². The van der Waals surface area contributed by atoms with E-state index in [2.05, 4.69) is 26.4 Å². The normalized spacial score (nSPS) is 17.3. The largest absolute Gasteiger partial charge is 0.409 e. The van der Waals surface area contributed by atoms with E-state index in [0.717, 1.165) is 29.5 Å². The first-order chi connectivity index (χ1) is 8.97. The second-order valence-corrected chi connectivity index (χ2v) is 6.45. The molecule has 0 heterocycles. The number of anilines is 1. The van der Waals surface area contributed by atoms with Crippen LogP contribution in [0.25, 0.3) is 0 Å². The molecule has 2 rings (SSSR count). The monoisotopic (exact) mass is 365 g/mol. The second-order valence-electron chi connectivity index (χ2n) is 4.84. The van der Waals surface area contributed by atoms with Crippen LogP contribution in [0.5, 0.6) is 0 Å². The molecule has 0 atom stereocenters. The van der Waals surface area contributed by atoms with E-state index < -0.39 is 0 Å². The summed E-state index contributed by atoms with van der Waals surface area (Å²) in [6.07, 6.45) is 2.69. The highest BCUT2D eigenvalue weighted by Crippen LogP contribution is 2.49. The van der Waals surface area contributed by atoms with Crippen molar-refractivity contribution in [2.75, 3.05) is 11.9 Å². The molecule has 0 aliphatic heterocycles. The van der Waals surface area contributed by atoms with Crippen LogP contribution in [-0.4, -0.2) is 17.6 Å². The molecule has 0 aromatic heterocycles. The Bertz CT molecular complexity index is 518. The van der Waals surface area contributed by atoms with Crippen LogP contribution < -0.4 is 11.1 Å². The highest BCUT2D eigenvalue weighted by atomic mass is 79.9. The smallest absolute Gasteiger partial charge is 0.139 e. The van der Waals surface area contributed by atoms with Gasteiger partial charge in [0.2, 0.25) is 0 Å². The summed E-state index contributed by atoms with van der Waals surface area (Å²) in [5, 5.41) is 15.9. The quantitative estimate of drug-likeness (QED) is 0.241. The predicted octanol–water partition coefficient (Wildman–Crippen LogP) is 4.08. The number of hydrogen-bond acceptors (Lipinski definition) is 3. The average Bonchev–Trinajstić information content (AvgIpc) is 3.15. The lowest BCUT2D eigenvalue weighted by Gasteiger charge is -2.17. The average molecular weight is 367 g/mol. The standard InChI is InChI=1S/C12H14BrCl2N3O/c13-7-1-2-8(11(15)10(7)14)17-6-12(3-4-12)5-9(16)18-19/h1-2,17,19H,3-6H2,(H2,16,18). The van der Waals surface area contributed by atoms with Crippen molar-refractivity contribution in [3.63, 3.8) is 0 Å². The first-order valence-electron chi connectivity index (χ1n) is 5.81. The van der Waals surface area contributed by atoms with Gasteiger partial charge >= 0.3 is 0 Å². The first-order valence-corrected chi connectivity index (χ1v) is 7.36. The van der Waals surface area contributed by atoms with Gasteiger partial charge in [-0.25, -0.2) is 0 Å². The van der Waals surface area contributed by atoms with Gasteiger partial charge in [0.15, 0.2) is 0 Å². The fourth-order valence-electron chi connectivity index (χ4n) is 1.96. The molecule has 7 heteroatoms. The van der Waals surface area contributed by atoms with Crippen LogP contribution in [0.4, 0.5) is 5.69 Å². The summed E-state index contributed by atoms with van der Waals surface area (Å²) in [5.74, 6) is 0.263. The zero-order valence-corrected chi connectivity index (χ0v) is 13.2. The SMILES string of the molecule is N/C(CC1(CNc2ccc(Br)c(Cl)c2Cl)CC1)=N/O. The molecule has 0 bridgehead atoms. The topological polar surface area (TPSA) is 70.6 Å². The van der Waals surface area contributed by atoms with Crippen molar-refractivity contribution in [2.45, 2.75) is 19.3 Å². The Kier molecular flexibility index (Phi) is 4.48. The molecule has 1 fully saturated rings. The van der Waals surface area contributed by atoms with Gasteiger partial charge in [0, 0.05) is 17.4 Å². The minimum absolute atomic E-state index is 0.0686. The molecule has 0 saturated heterocycles. The van der Waals surface area contributed by atoms with Crippen LogP contribution >= 0.6 is 39.1 Å². The Hall–Kier alpha value is -0.650. The molecule has 1 aromatic carbocycles. The van der Waals surface area contributed by atoms with E-state index in [-0.39, 0.29) is 11.3 Å². The number of nitrogens with one attached hydrogen (secondary N) is 1. The summed E-state index contributed by atoms with van der Waals surface area (Å²) < 4.78 is 0.766. The first kappa shape index (κ1) is 14.8. The number of benzene rings is 1. The van der Waals surface area contributed by atoms with Crippen LogP contribution in [-0.2, 0) is 0 Å². The number of halogens is 3. The van der Waals surface area contributed by atoms with Gasteiger partial charge < -0.3 is 16.3 Å². The number of amidine groups is 1. The Morgan fingerprint density at radius 1 is 1.42 bits per heavy atom. The lowest BCUT2D eigenvalue weighted by Crippen LogP contribution is -2.23. The molecule has 104 valence electrons. The van der Waals surface area contributed by atoms with Gasteiger partial charge in [-0.05, 0) is 46.3 Å². The third-order valence-corrected chi connectivity index (χ3v) is 5.10. The lowest BCUT2D eigenvalue weighted by molar-refractivity contribution is 0.315. The highest BCUT2D eigenvalue weighted by Gasteiger charge is 2.43. The van der Waals surface area contributed by atoms with E-state index in [1.807, 2.05) is 12.1 Å². The van der Waals surface area contributed by atoms with Crippen LogP contribution in [0, 0.1) is 5.41 Å². The van der Waals surface area contributed by atoms with E-state index in [1.165, 1.54) is 0 Å². The van der Waals surface area contributed by atoms with E-state index in [0.29, 0.717) is 16.5 Å². The third-order valence-electron chi connectivity index (χ3n) is 3.33. The summed E-state index contributed by atoms with van der Waals surface area (Å²) in [6, 6.07) is 3.72. The van der Waals surface area contributed by atoms with E-state index in [4.69, 9.17) is 34.1 Å². The van der Waals surface area contributed by atoms with Crippen LogP contribution in [0.15, 0.2) is 21.8 Å². The van der Waals surface area contributed by atoms with Gasteiger partial charge in [-0.1, -0.05) is 28.4 Å². The van der Waals surface area contributed by atoms with Crippen molar-refractivity contribution in [3.05, 3.63) is 26.7 Å². The van der Waals surface area contributed by atoms with E-state index >= 15 is 0 Å². The number of oxime groups is 1. The molecule has 0 unspecified atom stereocenters. The molecule has 1 aromatic rings. The van der Waals surface area contributed by atoms with Crippen molar-refractivity contribution in [1.82, 2.24) is 0 Å². The Balaban J connectivity index is 2.02. The fraction of sp³-hybridized carbons (Fsp3) is 0.417. The molecule has 4 nitrogen and oxygen atoms in total. The number of nitrogens with two attached hydrogens (primary N) is 1. The van der Waals surface area contributed by atoms with Gasteiger partial charge in [-0.15, -0.1) is 0 Å². The van der Waals surface area contributed by atoms with Crippen LogP contribution in [0.3, 0.4) is 0 Å². The molecular weight excluding hydrogens is 353 g/mol. The summed E-state index contributed by atoms with van der Waals surface area (Å²) in [7, 11) is 0. The van der Waals surface area contributed by atoms with Crippen molar-refractivity contribution in [3.8, 4) is 0 Å². The van der Waals surface area contributed by atoms with Crippen LogP contribution in [0.1, 0.15) is 19.3 Å². The predicted molar refractivity (Wildman–Crippen MR) is 82.3 cm³/mol. The molecule has 4 N–H and O–H groups in total. The molecule has 0 radical (unpaired) electrons. The highest BCUT2D eigenvalue weighted by molar-refractivity contribution is 9.10. The maximum atomic E-state index is 8.62. The summed E-state index contributed by atoms with van der Waals surface area (Å²) in [4.78, 5) is 0. The van der Waals surface area contributed by atoms with Gasteiger partial charge in [0.1, 0.15) is 5.84 Å². The van der Waals surface area contributed by atoms with E-state index in [1.54, 1.807) is 0 Å². The number of nitrogens with zero attached hydrogens (tertiary/aromatic N) is 1. The number of hydrogen-bond donors (Lipinski definition) is 3. The molecule has 0 spiro atoms.